The summed E-state index contributed by atoms with van der Waals surface area (Å²) in [5.74, 6) is 1.54. The molecule has 0 radical (unpaired) electrons. The predicted molar refractivity (Wildman–Crippen MR) is 118 cm³/mol. The summed E-state index contributed by atoms with van der Waals surface area (Å²) in [6, 6.07) is 15.2. The molecule has 1 aliphatic rings. The molecule has 0 spiro atoms. The minimum Gasteiger partial charge on any atom is -0.493 e. The quantitative estimate of drug-likeness (QED) is 0.635. The number of aryl methyl sites for hydroxylation is 1. The van der Waals surface area contributed by atoms with Crippen molar-refractivity contribution < 1.29 is 14.2 Å². The first-order valence-electron chi connectivity index (χ1n) is 10.5. The number of ether oxygens (including phenoxy) is 3. The predicted octanol–water partition coefficient (Wildman–Crippen LogP) is 5.02. The van der Waals surface area contributed by atoms with Crippen LogP contribution < -0.4 is 14.8 Å². The highest BCUT2D eigenvalue weighted by molar-refractivity contribution is 5.42. The van der Waals surface area contributed by atoms with Gasteiger partial charge < -0.3 is 19.5 Å². The Hall–Kier alpha value is -2.04. The smallest absolute Gasteiger partial charge is 0.161 e. The third kappa shape index (κ3) is 5.31. The Labute approximate surface area is 175 Å². The molecule has 0 saturated carbocycles. The van der Waals surface area contributed by atoms with Crippen LogP contribution in [0.4, 0.5) is 0 Å². The second kappa shape index (κ2) is 9.19. The zero-order valence-corrected chi connectivity index (χ0v) is 18.5. The zero-order valence-electron chi connectivity index (χ0n) is 18.5. The van der Waals surface area contributed by atoms with E-state index in [0.29, 0.717) is 0 Å². The molecule has 0 aliphatic carbocycles. The molecule has 29 heavy (non-hydrogen) atoms. The Bertz CT molecular complexity index is 800. The van der Waals surface area contributed by atoms with Crippen LogP contribution in [0.5, 0.6) is 11.5 Å². The van der Waals surface area contributed by atoms with Crippen molar-refractivity contribution in [1.82, 2.24) is 5.32 Å². The minimum atomic E-state index is -0.0908. The summed E-state index contributed by atoms with van der Waals surface area (Å²) >= 11 is 0. The summed E-state index contributed by atoms with van der Waals surface area (Å²) in [7, 11) is 3.34. The van der Waals surface area contributed by atoms with Gasteiger partial charge in [-0.05, 0) is 69.8 Å². The van der Waals surface area contributed by atoms with Gasteiger partial charge in [0.25, 0.3) is 0 Å². The standard InChI is InChI=1S/C25H35NO3/c1-19-6-9-21(10-7-19)25(13-15-29-24(2,3)18-25)12-14-26-17-20-8-11-22(27-4)23(16-20)28-5/h6-11,16,26H,12-15,17-18H2,1-5H3/t25-/m0/s1. The van der Waals surface area contributed by atoms with Crippen molar-refractivity contribution in [3.05, 3.63) is 59.2 Å². The molecule has 0 unspecified atom stereocenters. The summed E-state index contributed by atoms with van der Waals surface area (Å²) in [5, 5.41) is 3.63. The average Bonchev–Trinajstić information content (AvgIpc) is 2.70. The molecule has 158 valence electrons. The van der Waals surface area contributed by atoms with Gasteiger partial charge in [0.05, 0.1) is 19.8 Å². The summed E-state index contributed by atoms with van der Waals surface area (Å²) in [4.78, 5) is 0. The Kier molecular flexibility index (Phi) is 6.86. The van der Waals surface area contributed by atoms with Crippen molar-refractivity contribution in [1.29, 1.82) is 0 Å². The molecule has 3 rings (SSSR count). The fourth-order valence-electron chi connectivity index (χ4n) is 4.54. The van der Waals surface area contributed by atoms with E-state index in [-0.39, 0.29) is 11.0 Å². The maximum atomic E-state index is 6.04. The van der Waals surface area contributed by atoms with Crippen LogP contribution in [0.2, 0.25) is 0 Å². The van der Waals surface area contributed by atoms with E-state index in [0.717, 1.165) is 50.5 Å². The number of benzene rings is 2. The van der Waals surface area contributed by atoms with Crippen molar-refractivity contribution in [3.63, 3.8) is 0 Å². The molecule has 4 heteroatoms. The number of hydrogen-bond acceptors (Lipinski definition) is 4. The van der Waals surface area contributed by atoms with Gasteiger partial charge >= 0.3 is 0 Å². The molecule has 0 amide bonds. The van der Waals surface area contributed by atoms with Crippen LogP contribution in [0, 0.1) is 6.92 Å². The number of methoxy groups -OCH3 is 2. The first-order chi connectivity index (χ1) is 13.9. The van der Waals surface area contributed by atoms with Crippen molar-refractivity contribution >= 4 is 0 Å². The SMILES string of the molecule is COc1ccc(CNCC[C@]2(c3ccc(C)cc3)CCOC(C)(C)C2)cc1OC. The molecule has 1 atom stereocenters. The molecule has 1 aliphatic heterocycles. The van der Waals surface area contributed by atoms with Crippen LogP contribution in [0.15, 0.2) is 42.5 Å². The van der Waals surface area contributed by atoms with Crippen LogP contribution in [0.1, 0.15) is 49.8 Å². The maximum Gasteiger partial charge on any atom is 0.161 e. The van der Waals surface area contributed by atoms with Gasteiger partial charge in [0, 0.05) is 18.6 Å². The average molecular weight is 398 g/mol. The lowest BCUT2D eigenvalue weighted by Crippen LogP contribution is -2.45. The van der Waals surface area contributed by atoms with Crippen LogP contribution in [-0.4, -0.2) is 33.0 Å². The van der Waals surface area contributed by atoms with E-state index in [1.165, 1.54) is 16.7 Å². The Morgan fingerprint density at radius 1 is 1.00 bits per heavy atom. The molecular weight excluding hydrogens is 362 g/mol. The van der Waals surface area contributed by atoms with Gasteiger partial charge in [-0.15, -0.1) is 0 Å². The number of nitrogens with one attached hydrogen (secondary N) is 1. The lowest BCUT2D eigenvalue weighted by molar-refractivity contribution is -0.0840. The van der Waals surface area contributed by atoms with Gasteiger partial charge in [0.2, 0.25) is 0 Å². The van der Waals surface area contributed by atoms with Gasteiger partial charge in [-0.3, -0.25) is 0 Å². The monoisotopic (exact) mass is 397 g/mol. The van der Waals surface area contributed by atoms with Crippen molar-refractivity contribution in [3.8, 4) is 11.5 Å². The largest absolute Gasteiger partial charge is 0.493 e. The molecule has 4 nitrogen and oxygen atoms in total. The van der Waals surface area contributed by atoms with E-state index in [2.05, 4.69) is 56.4 Å². The van der Waals surface area contributed by atoms with Crippen LogP contribution in [-0.2, 0) is 16.7 Å². The normalized spacial score (nSPS) is 21.0. The minimum absolute atomic E-state index is 0.0908. The van der Waals surface area contributed by atoms with E-state index in [1.54, 1.807) is 14.2 Å². The van der Waals surface area contributed by atoms with Gasteiger partial charge in [0.15, 0.2) is 11.5 Å². The first-order valence-corrected chi connectivity index (χ1v) is 10.5. The lowest BCUT2D eigenvalue weighted by atomic mass is 9.67. The number of hydrogen-bond donors (Lipinski definition) is 1. The fourth-order valence-corrected chi connectivity index (χ4v) is 4.54. The van der Waals surface area contributed by atoms with Crippen molar-refractivity contribution in [2.45, 2.75) is 57.6 Å². The Balaban J connectivity index is 1.67. The summed E-state index contributed by atoms with van der Waals surface area (Å²) < 4.78 is 16.8. The Morgan fingerprint density at radius 3 is 2.38 bits per heavy atom. The maximum absolute atomic E-state index is 6.04. The number of rotatable bonds is 8. The summed E-state index contributed by atoms with van der Waals surface area (Å²) in [6.07, 6.45) is 3.20. The van der Waals surface area contributed by atoms with E-state index >= 15 is 0 Å². The second-order valence-corrected chi connectivity index (χ2v) is 8.80. The summed E-state index contributed by atoms with van der Waals surface area (Å²) in [5.41, 5.74) is 4.00. The van der Waals surface area contributed by atoms with Crippen LogP contribution in [0.25, 0.3) is 0 Å². The molecule has 2 aromatic rings. The fraction of sp³-hybridized carbons (Fsp3) is 0.520. The molecule has 0 bridgehead atoms. The molecule has 1 heterocycles. The van der Waals surface area contributed by atoms with E-state index < -0.39 is 0 Å². The highest BCUT2D eigenvalue weighted by Crippen LogP contribution is 2.44. The van der Waals surface area contributed by atoms with Gasteiger partial charge in [-0.1, -0.05) is 35.9 Å². The summed E-state index contributed by atoms with van der Waals surface area (Å²) in [6.45, 7) is 9.16. The topological polar surface area (TPSA) is 39.7 Å². The van der Waals surface area contributed by atoms with E-state index in [1.807, 2.05) is 12.1 Å². The Morgan fingerprint density at radius 2 is 1.72 bits per heavy atom. The first kappa shape index (κ1) is 21.7. The van der Waals surface area contributed by atoms with E-state index in [9.17, 15) is 0 Å². The molecule has 0 aromatic heterocycles. The zero-order chi connectivity index (χ0) is 20.9. The van der Waals surface area contributed by atoms with Gasteiger partial charge in [-0.2, -0.15) is 0 Å². The van der Waals surface area contributed by atoms with Crippen molar-refractivity contribution in [2.24, 2.45) is 0 Å². The van der Waals surface area contributed by atoms with E-state index in [4.69, 9.17) is 14.2 Å². The van der Waals surface area contributed by atoms with Crippen LogP contribution in [0.3, 0.4) is 0 Å². The highest BCUT2D eigenvalue weighted by Gasteiger charge is 2.41. The molecule has 1 N–H and O–H groups in total. The molecule has 1 fully saturated rings. The van der Waals surface area contributed by atoms with Gasteiger partial charge in [0.1, 0.15) is 0 Å². The van der Waals surface area contributed by atoms with Gasteiger partial charge in [-0.25, -0.2) is 0 Å². The third-order valence-corrected chi connectivity index (χ3v) is 6.06. The molecular formula is C25H35NO3. The molecule has 2 aromatic carbocycles. The second-order valence-electron chi connectivity index (χ2n) is 8.80. The highest BCUT2D eigenvalue weighted by atomic mass is 16.5. The third-order valence-electron chi connectivity index (χ3n) is 6.06. The molecule has 1 saturated heterocycles. The van der Waals surface area contributed by atoms with Crippen LogP contribution >= 0.6 is 0 Å². The lowest BCUT2D eigenvalue weighted by Gasteiger charge is -2.45. The van der Waals surface area contributed by atoms with Crippen molar-refractivity contribution in [2.75, 3.05) is 27.4 Å².